The highest BCUT2D eigenvalue weighted by Crippen LogP contribution is 2.28. The van der Waals surface area contributed by atoms with Crippen LogP contribution in [0, 0.1) is 23.4 Å². The van der Waals surface area contributed by atoms with Crippen molar-refractivity contribution in [2.24, 2.45) is 5.92 Å². The third-order valence-electron chi connectivity index (χ3n) is 2.76. The Balaban J connectivity index is 2.29. The summed E-state index contributed by atoms with van der Waals surface area (Å²) in [6.07, 6.45) is 0.824. The summed E-state index contributed by atoms with van der Waals surface area (Å²) in [5.41, 5.74) is 0.482. The van der Waals surface area contributed by atoms with Crippen LogP contribution < -0.4 is 5.32 Å². The standard InChI is InChI=1S/C11H12F3N/c1-6-2-10(15-5-6)7-3-8(12)11(14)9(13)4-7/h3-4,6,10,15H,2,5H2,1H3. The highest BCUT2D eigenvalue weighted by molar-refractivity contribution is 5.23. The quantitative estimate of drug-likeness (QED) is 0.710. The normalized spacial score (nSPS) is 25.9. The largest absolute Gasteiger partial charge is 0.310 e. The minimum absolute atomic E-state index is 0.0652. The van der Waals surface area contributed by atoms with Crippen LogP contribution in [0.4, 0.5) is 13.2 Å². The fraction of sp³-hybridized carbons (Fsp3) is 0.455. The van der Waals surface area contributed by atoms with Gasteiger partial charge in [0.25, 0.3) is 0 Å². The molecule has 0 saturated carbocycles. The van der Waals surface area contributed by atoms with E-state index in [4.69, 9.17) is 0 Å². The summed E-state index contributed by atoms with van der Waals surface area (Å²) in [4.78, 5) is 0. The Hall–Kier alpha value is -1.03. The summed E-state index contributed by atoms with van der Waals surface area (Å²) in [5.74, 6) is -3.16. The third kappa shape index (κ3) is 2.00. The second kappa shape index (κ2) is 3.85. The molecule has 1 nitrogen and oxygen atoms in total. The van der Waals surface area contributed by atoms with Gasteiger partial charge in [-0.3, -0.25) is 0 Å². The molecule has 0 amide bonds. The third-order valence-corrected chi connectivity index (χ3v) is 2.76. The number of hydrogen-bond acceptors (Lipinski definition) is 1. The molecule has 1 aromatic carbocycles. The van der Waals surface area contributed by atoms with Gasteiger partial charge in [0, 0.05) is 6.04 Å². The van der Waals surface area contributed by atoms with Gasteiger partial charge >= 0.3 is 0 Å². The molecule has 82 valence electrons. The van der Waals surface area contributed by atoms with Crippen LogP contribution in [0.2, 0.25) is 0 Å². The van der Waals surface area contributed by atoms with E-state index in [-0.39, 0.29) is 6.04 Å². The van der Waals surface area contributed by atoms with E-state index in [2.05, 4.69) is 12.2 Å². The molecule has 15 heavy (non-hydrogen) atoms. The highest BCUT2D eigenvalue weighted by atomic mass is 19.2. The van der Waals surface area contributed by atoms with Crippen molar-refractivity contribution < 1.29 is 13.2 Å². The zero-order chi connectivity index (χ0) is 11.0. The number of halogens is 3. The van der Waals surface area contributed by atoms with Crippen LogP contribution in [0.5, 0.6) is 0 Å². The van der Waals surface area contributed by atoms with E-state index in [1.807, 2.05) is 0 Å². The summed E-state index contributed by atoms with van der Waals surface area (Å²) in [6, 6.07) is 2.06. The average molecular weight is 215 g/mol. The summed E-state index contributed by atoms with van der Waals surface area (Å²) in [7, 11) is 0. The van der Waals surface area contributed by atoms with Gasteiger partial charge in [-0.15, -0.1) is 0 Å². The van der Waals surface area contributed by atoms with Gasteiger partial charge in [0.15, 0.2) is 17.5 Å². The van der Waals surface area contributed by atoms with Crippen LogP contribution in [0.15, 0.2) is 12.1 Å². The number of rotatable bonds is 1. The second-order valence-electron chi connectivity index (χ2n) is 4.10. The first-order valence-corrected chi connectivity index (χ1v) is 4.95. The highest BCUT2D eigenvalue weighted by Gasteiger charge is 2.24. The Bertz CT molecular complexity index is 355. The van der Waals surface area contributed by atoms with Gasteiger partial charge in [0.1, 0.15) is 0 Å². The lowest BCUT2D eigenvalue weighted by Gasteiger charge is -2.11. The average Bonchev–Trinajstić information content (AvgIpc) is 2.60. The van der Waals surface area contributed by atoms with Gasteiger partial charge in [0.05, 0.1) is 0 Å². The zero-order valence-corrected chi connectivity index (χ0v) is 8.36. The molecule has 1 saturated heterocycles. The van der Waals surface area contributed by atoms with Crippen molar-refractivity contribution in [3.63, 3.8) is 0 Å². The van der Waals surface area contributed by atoms with Crippen molar-refractivity contribution in [2.75, 3.05) is 6.54 Å². The predicted molar refractivity (Wildman–Crippen MR) is 50.8 cm³/mol. The molecule has 0 spiro atoms. The molecule has 1 N–H and O–H groups in total. The van der Waals surface area contributed by atoms with Crippen LogP contribution in [-0.4, -0.2) is 6.54 Å². The first kappa shape index (κ1) is 10.5. The Kier molecular flexibility index (Phi) is 2.69. The molecule has 0 bridgehead atoms. The van der Waals surface area contributed by atoms with Crippen molar-refractivity contribution in [1.29, 1.82) is 0 Å². The van der Waals surface area contributed by atoms with E-state index >= 15 is 0 Å². The molecular formula is C11H12F3N. The van der Waals surface area contributed by atoms with E-state index in [0.717, 1.165) is 25.1 Å². The molecule has 0 aliphatic carbocycles. The van der Waals surface area contributed by atoms with Crippen molar-refractivity contribution in [1.82, 2.24) is 5.32 Å². The molecule has 2 rings (SSSR count). The molecule has 1 aromatic rings. The van der Waals surface area contributed by atoms with E-state index < -0.39 is 17.5 Å². The summed E-state index contributed by atoms with van der Waals surface area (Å²) < 4.78 is 38.6. The maximum atomic E-state index is 12.9. The Morgan fingerprint density at radius 1 is 1.20 bits per heavy atom. The van der Waals surface area contributed by atoms with Crippen molar-refractivity contribution in [2.45, 2.75) is 19.4 Å². The maximum absolute atomic E-state index is 12.9. The second-order valence-corrected chi connectivity index (χ2v) is 4.10. The van der Waals surface area contributed by atoms with Gasteiger partial charge in [-0.1, -0.05) is 6.92 Å². The molecule has 2 atom stereocenters. The van der Waals surface area contributed by atoms with Crippen LogP contribution in [0.1, 0.15) is 24.9 Å². The van der Waals surface area contributed by atoms with Gasteiger partial charge in [-0.05, 0) is 36.6 Å². The van der Waals surface area contributed by atoms with Crippen LogP contribution in [0.3, 0.4) is 0 Å². The molecule has 2 unspecified atom stereocenters. The van der Waals surface area contributed by atoms with Crippen molar-refractivity contribution in [3.8, 4) is 0 Å². The predicted octanol–water partition coefficient (Wildman–Crippen LogP) is 2.77. The SMILES string of the molecule is CC1CNC(c2cc(F)c(F)c(F)c2)C1. The van der Waals surface area contributed by atoms with Gasteiger partial charge < -0.3 is 5.32 Å². The fourth-order valence-electron chi connectivity index (χ4n) is 1.94. The van der Waals surface area contributed by atoms with E-state index in [9.17, 15) is 13.2 Å². The maximum Gasteiger partial charge on any atom is 0.194 e. The minimum atomic E-state index is -1.40. The van der Waals surface area contributed by atoms with Gasteiger partial charge in [-0.2, -0.15) is 0 Å². The van der Waals surface area contributed by atoms with Crippen LogP contribution in [0.25, 0.3) is 0 Å². The monoisotopic (exact) mass is 215 g/mol. The van der Waals surface area contributed by atoms with E-state index in [0.29, 0.717) is 11.5 Å². The topological polar surface area (TPSA) is 12.0 Å². The first-order chi connectivity index (χ1) is 7.08. The fourth-order valence-corrected chi connectivity index (χ4v) is 1.94. The smallest absolute Gasteiger partial charge is 0.194 e. The molecule has 1 aliphatic heterocycles. The van der Waals surface area contributed by atoms with Crippen molar-refractivity contribution in [3.05, 3.63) is 35.1 Å². The Morgan fingerprint density at radius 2 is 1.80 bits per heavy atom. The Morgan fingerprint density at radius 3 is 2.27 bits per heavy atom. The Labute approximate surface area is 86.3 Å². The van der Waals surface area contributed by atoms with Crippen LogP contribution in [-0.2, 0) is 0 Å². The lowest BCUT2D eigenvalue weighted by atomic mass is 10.0. The summed E-state index contributed by atoms with van der Waals surface area (Å²) in [5, 5.41) is 3.14. The first-order valence-electron chi connectivity index (χ1n) is 4.95. The lowest BCUT2D eigenvalue weighted by Crippen LogP contribution is -2.14. The number of benzene rings is 1. The summed E-state index contributed by atoms with van der Waals surface area (Å²) in [6.45, 7) is 2.88. The van der Waals surface area contributed by atoms with Crippen LogP contribution >= 0.6 is 0 Å². The molecule has 0 radical (unpaired) electrons. The van der Waals surface area contributed by atoms with Gasteiger partial charge in [0.2, 0.25) is 0 Å². The lowest BCUT2D eigenvalue weighted by molar-refractivity contribution is 0.442. The zero-order valence-electron chi connectivity index (χ0n) is 8.36. The van der Waals surface area contributed by atoms with Crippen molar-refractivity contribution >= 4 is 0 Å². The number of hydrogen-bond donors (Lipinski definition) is 1. The molecule has 1 aliphatic rings. The molecular weight excluding hydrogens is 203 g/mol. The van der Waals surface area contributed by atoms with E-state index in [1.54, 1.807) is 0 Å². The molecule has 4 heteroatoms. The molecule has 1 heterocycles. The molecule has 0 aromatic heterocycles. The number of nitrogens with one attached hydrogen (secondary N) is 1. The molecule has 1 fully saturated rings. The summed E-state index contributed by atoms with van der Waals surface area (Å²) >= 11 is 0. The van der Waals surface area contributed by atoms with E-state index in [1.165, 1.54) is 0 Å². The van der Waals surface area contributed by atoms with Gasteiger partial charge in [-0.25, -0.2) is 13.2 Å². The minimum Gasteiger partial charge on any atom is -0.310 e.